The highest BCUT2D eigenvalue weighted by molar-refractivity contribution is 8.15. The van der Waals surface area contributed by atoms with E-state index in [4.69, 9.17) is 14.2 Å². The standard InChI is InChI=1S/C30H30F3N3O5S/c1-4-41-23-11-9-21(10-12-23)34-28(38)26-18-27(37)36(15-14-19-8-13-24(39-2)25(16-19)40-3)29(42-26)35-22-7-5-6-20(17-22)30(31,32)33/h5-13,16-17,26H,4,14-15,18H2,1-3H3,(H,34,38). The molecule has 3 aromatic rings. The lowest BCUT2D eigenvalue weighted by Crippen LogP contribution is -2.46. The number of rotatable bonds is 10. The van der Waals surface area contributed by atoms with E-state index in [2.05, 4.69) is 10.3 Å². The molecule has 2 amide bonds. The van der Waals surface area contributed by atoms with Crippen LogP contribution in [0.4, 0.5) is 24.5 Å². The zero-order chi connectivity index (χ0) is 30.3. The first-order valence-electron chi connectivity index (χ1n) is 13.1. The smallest absolute Gasteiger partial charge is 0.416 e. The van der Waals surface area contributed by atoms with Crippen molar-refractivity contribution in [2.45, 2.75) is 31.2 Å². The molecule has 4 rings (SSSR count). The van der Waals surface area contributed by atoms with Crippen LogP contribution in [0.25, 0.3) is 0 Å². The van der Waals surface area contributed by atoms with Crippen LogP contribution in [0.15, 0.2) is 71.7 Å². The molecule has 1 heterocycles. The van der Waals surface area contributed by atoms with E-state index in [0.29, 0.717) is 36.0 Å². The van der Waals surface area contributed by atoms with Crippen molar-refractivity contribution in [2.24, 2.45) is 4.99 Å². The Hall–Kier alpha value is -4.19. The van der Waals surface area contributed by atoms with Crippen molar-refractivity contribution in [3.63, 3.8) is 0 Å². The van der Waals surface area contributed by atoms with Crippen molar-refractivity contribution >= 4 is 40.1 Å². The average Bonchev–Trinajstić information content (AvgIpc) is 2.97. The molecule has 222 valence electrons. The third-order valence-corrected chi connectivity index (χ3v) is 7.52. The highest BCUT2D eigenvalue weighted by atomic mass is 32.2. The Labute approximate surface area is 245 Å². The summed E-state index contributed by atoms with van der Waals surface area (Å²) < 4.78 is 56.1. The number of carbonyl (C=O) groups is 2. The second-order valence-electron chi connectivity index (χ2n) is 9.18. The van der Waals surface area contributed by atoms with Crippen molar-refractivity contribution < 1.29 is 37.0 Å². The normalized spacial score (nSPS) is 16.3. The molecular formula is C30H30F3N3O5S. The van der Waals surface area contributed by atoms with E-state index >= 15 is 0 Å². The molecule has 42 heavy (non-hydrogen) atoms. The summed E-state index contributed by atoms with van der Waals surface area (Å²) in [5.41, 5.74) is 0.518. The van der Waals surface area contributed by atoms with Gasteiger partial charge in [0.2, 0.25) is 11.8 Å². The Balaban J connectivity index is 1.58. The van der Waals surface area contributed by atoms with E-state index in [9.17, 15) is 22.8 Å². The van der Waals surface area contributed by atoms with Gasteiger partial charge in [0.15, 0.2) is 16.7 Å². The van der Waals surface area contributed by atoms with Crippen molar-refractivity contribution in [3.05, 3.63) is 77.9 Å². The maximum atomic E-state index is 13.4. The number of thioether (sulfide) groups is 1. The number of nitrogens with zero attached hydrogens (tertiary/aromatic N) is 2. The van der Waals surface area contributed by atoms with Gasteiger partial charge in [0.1, 0.15) is 11.0 Å². The van der Waals surface area contributed by atoms with Crippen LogP contribution >= 0.6 is 11.8 Å². The molecule has 1 N–H and O–H groups in total. The largest absolute Gasteiger partial charge is 0.494 e. The van der Waals surface area contributed by atoms with Crippen LogP contribution in [-0.2, 0) is 22.2 Å². The summed E-state index contributed by atoms with van der Waals surface area (Å²) in [4.78, 5) is 32.3. The van der Waals surface area contributed by atoms with E-state index in [0.717, 1.165) is 29.5 Å². The van der Waals surface area contributed by atoms with Crippen molar-refractivity contribution in [3.8, 4) is 17.2 Å². The van der Waals surface area contributed by atoms with Gasteiger partial charge in [0.25, 0.3) is 0 Å². The van der Waals surface area contributed by atoms with E-state index in [-0.39, 0.29) is 29.7 Å². The van der Waals surface area contributed by atoms with Gasteiger partial charge in [-0.15, -0.1) is 0 Å². The number of halogens is 3. The number of ether oxygens (including phenoxy) is 3. The lowest BCUT2D eigenvalue weighted by atomic mass is 10.1. The molecule has 3 aromatic carbocycles. The van der Waals surface area contributed by atoms with Gasteiger partial charge in [-0.05, 0) is 73.5 Å². The Morgan fingerprint density at radius 3 is 2.45 bits per heavy atom. The second-order valence-corrected chi connectivity index (χ2v) is 10.4. The van der Waals surface area contributed by atoms with Gasteiger partial charge >= 0.3 is 6.18 Å². The molecule has 0 bridgehead atoms. The van der Waals surface area contributed by atoms with Gasteiger partial charge in [-0.2, -0.15) is 13.2 Å². The summed E-state index contributed by atoms with van der Waals surface area (Å²) in [6.45, 7) is 2.55. The minimum Gasteiger partial charge on any atom is -0.494 e. The molecule has 1 unspecified atom stereocenters. The SMILES string of the molecule is CCOc1ccc(NC(=O)C2CC(=O)N(CCc3ccc(OC)c(OC)c3)C(=Nc3cccc(C(F)(F)F)c3)S2)cc1. The van der Waals surface area contributed by atoms with Crippen LogP contribution in [-0.4, -0.2) is 54.5 Å². The lowest BCUT2D eigenvalue weighted by molar-refractivity contribution is -0.137. The number of carbonyl (C=O) groups excluding carboxylic acids is 2. The zero-order valence-electron chi connectivity index (χ0n) is 23.2. The molecule has 1 atom stereocenters. The van der Waals surface area contributed by atoms with Crippen molar-refractivity contribution in [2.75, 3.05) is 32.7 Å². The maximum absolute atomic E-state index is 13.4. The van der Waals surface area contributed by atoms with Gasteiger partial charge in [0.05, 0.1) is 32.1 Å². The van der Waals surface area contributed by atoms with Gasteiger partial charge in [-0.3, -0.25) is 14.5 Å². The number of nitrogens with one attached hydrogen (secondary N) is 1. The molecule has 0 aliphatic carbocycles. The van der Waals surface area contributed by atoms with Crippen molar-refractivity contribution in [1.29, 1.82) is 0 Å². The number of hydrogen-bond donors (Lipinski definition) is 1. The quantitative estimate of drug-likeness (QED) is 0.293. The fourth-order valence-corrected chi connectivity index (χ4v) is 5.35. The summed E-state index contributed by atoms with van der Waals surface area (Å²) in [5.74, 6) is 0.941. The highest BCUT2D eigenvalue weighted by Crippen LogP contribution is 2.34. The fourth-order valence-electron chi connectivity index (χ4n) is 4.22. The van der Waals surface area contributed by atoms with Crippen molar-refractivity contribution in [1.82, 2.24) is 4.90 Å². The number of amidine groups is 1. The molecule has 0 saturated carbocycles. The average molecular weight is 602 g/mol. The molecule has 1 saturated heterocycles. The Morgan fingerprint density at radius 1 is 1.05 bits per heavy atom. The van der Waals surface area contributed by atoms with Crippen LogP contribution < -0.4 is 19.5 Å². The van der Waals surface area contributed by atoms with E-state index < -0.39 is 22.9 Å². The fraction of sp³-hybridized carbons (Fsp3) is 0.300. The zero-order valence-corrected chi connectivity index (χ0v) is 24.1. The first-order valence-corrected chi connectivity index (χ1v) is 14.0. The number of aliphatic imine (C=N–C) groups is 1. The van der Waals surface area contributed by atoms with Crippen LogP contribution in [0.3, 0.4) is 0 Å². The third kappa shape index (κ3) is 7.75. The molecular weight excluding hydrogens is 571 g/mol. The van der Waals surface area contributed by atoms with Crippen LogP contribution in [0, 0.1) is 0 Å². The van der Waals surface area contributed by atoms with E-state index in [1.165, 1.54) is 31.3 Å². The van der Waals surface area contributed by atoms with Crippen LogP contribution in [0.2, 0.25) is 0 Å². The molecule has 1 aliphatic rings. The predicted octanol–water partition coefficient (Wildman–Crippen LogP) is 6.32. The van der Waals surface area contributed by atoms with E-state index in [1.807, 2.05) is 13.0 Å². The molecule has 8 nitrogen and oxygen atoms in total. The summed E-state index contributed by atoms with van der Waals surface area (Å²) in [6, 6.07) is 16.7. The summed E-state index contributed by atoms with van der Waals surface area (Å²) in [5, 5.41) is 2.09. The number of methoxy groups -OCH3 is 2. The second kappa shape index (κ2) is 13.6. The number of hydrogen-bond acceptors (Lipinski definition) is 7. The number of anilines is 1. The van der Waals surface area contributed by atoms with Crippen LogP contribution in [0.5, 0.6) is 17.2 Å². The van der Waals surface area contributed by atoms with Gasteiger partial charge in [-0.25, -0.2) is 4.99 Å². The summed E-state index contributed by atoms with van der Waals surface area (Å²) in [7, 11) is 3.05. The molecule has 0 radical (unpaired) electrons. The monoisotopic (exact) mass is 601 g/mol. The summed E-state index contributed by atoms with van der Waals surface area (Å²) in [6.07, 6.45) is -4.27. The first kappa shape index (κ1) is 30.8. The predicted molar refractivity (Wildman–Crippen MR) is 156 cm³/mol. The number of amides is 2. The minimum atomic E-state index is -4.56. The Kier molecular flexibility index (Phi) is 10.00. The molecule has 1 fully saturated rings. The highest BCUT2D eigenvalue weighted by Gasteiger charge is 2.36. The lowest BCUT2D eigenvalue weighted by Gasteiger charge is -2.32. The third-order valence-electron chi connectivity index (χ3n) is 6.34. The molecule has 1 aliphatic heterocycles. The minimum absolute atomic E-state index is 0.0174. The van der Waals surface area contributed by atoms with Gasteiger partial charge < -0.3 is 19.5 Å². The molecule has 0 aromatic heterocycles. The molecule has 0 spiro atoms. The number of benzene rings is 3. The molecule has 12 heteroatoms. The maximum Gasteiger partial charge on any atom is 0.416 e. The Morgan fingerprint density at radius 2 is 1.79 bits per heavy atom. The topological polar surface area (TPSA) is 89.5 Å². The summed E-state index contributed by atoms with van der Waals surface area (Å²) >= 11 is 1.03. The number of alkyl halides is 3. The van der Waals surface area contributed by atoms with Gasteiger partial charge in [0, 0.05) is 18.7 Å². The first-order chi connectivity index (χ1) is 20.1. The van der Waals surface area contributed by atoms with Crippen LogP contribution in [0.1, 0.15) is 24.5 Å². The Bertz CT molecular complexity index is 1450. The van der Waals surface area contributed by atoms with E-state index in [1.54, 1.807) is 36.4 Å². The van der Waals surface area contributed by atoms with Gasteiger partial charge in [-0.1, -0.05) is 23.9 Å².